The van der Waals surface area contributed by atoms with Crippen LogP contribution in [0.3, 0.4) is 0 Å². The number of aromatic nitrogens is 2. The molecule has 1 atom stereocenters. The van der Waals surface area contributed by atoms with Crippen LogP contribution in [0.25, 0.3) is 0 Å². The van der Waals surface area contributed by atoms with Crippen LogP contribution in [0.4, 0.5) is 8.78 Å². The molecule has 0 spiro atoms. The molecule has 1 N–H and O–H groups in total. The van der Waals surface area contributed by atoms with Gasteiger partial charge < -0.3 is 5.32 Å². The molecule has 1 aliphatic rings. The summed E-state index contributed by atoms with van der Waals surface area (Å²) in [6.45, 7) is 0.961. The topological polar surface area (TPSA) is 37.8 Å². The van der Waals surface area contributed by atoms with Gasteiger partial charge in [-0.1, -0.05) is 0 Å². The monoisotopic (exact) mass is 199 g/mol. The van der Waals surface area contributed by atoms with E-state index in [4.69, 9.17) is 0 Å². The number of hydrogen-bond donors (Lipinski definition) is 1. The first-order valence-corrected chi connectivity index (χ1v) is 4.61. The van der Waals surface area contributed by atoms with Crippen LogP contribution in [0.5, 0.6) is 0 Å². The van der Waals surface area contributed by atoms with E-state index >= 15 is 0 Å². The van der Waals surface area contributed by atoms with Gasteiger partial charge in [-0.3, -0.25) is 9.97 Å². The van der Waals surface area contributed by atoms with Crippen molar-refractivity contribution in [2.24, 2.45) is 0 Å². The maximum absolute atomic E-state index is 12.2. The Kier molecular flexibility index (Phi) is 2.67. The third kappa shape index (κ3) is 1.87. The fourth-order valence-corrected chi connectivity index (χ4v) is 1.58. The zero-order valence-corrected chi connectivity index (χ0v) is 7.58. The van der Waals surface area contributed by atoms with Gasteiger partial charge in [-0.25, -0.2) is 8.78 Å². The average molecular weight is 199 g/mol. The Labute approximate surface area is 80.6 Å². The molecule has 1 saturated heterocycles. The molecule has 1 unspecified atom stereocenters. The quantitative estimate of drug-likeness (QED) is 0.789. The van der Waals surface area contributed by atoms with Crippen molar-refractivity contribution in [1.82, 2.24) is 15.3 Å². The first-order chi connectivity index (χ1) is 6.77. The molecule has 3 nitrogen and oxygen atoms in total. The van der Waals surface area contributed by atoms with E-state index in [1.54, 1.807) is 0 Å². The second-order valence-corrected chi connectivity index (χ2v) is 3.32. The molecule has 2 heterocycles. The second kappa shape index (κ2) is 3.96. The fourth-order valence-electron chi connectivity index (χ4n) is 1.58. The number of nitrogens with one attached hydrogen (secondary N) is 1. The lowest BCUT2D eigenvalue weighted by molar-refractivity contribution is 0.145. The third-order valence-corrected chi connectivity index (χ3v) is 2.33. The molecule has 1 aliphatic heterocycles. The Morgan fingerprint density at radius 2 is 2.21 bits per heavy atom. The summed E-state index contributed by atoms with van der Waals surface area (Å²) >= 11 is 0. The number of alkyl halides is 2. The molecule has 0 bridgehead atoms. The number of nitrogens with zero attached hydrogens (tertiary/aromatic N) is 2. The van der Waals surface area contributed by atoms with Crippen LogP contribution >= 0.6 is 0 Å². The van der Waals surface area contributed by atoms with E-state index in [0.29, 0.717) is 0 Å². The van der Waals surface area contributed by atoms with E-state index in [0.717, 1.165) is 31.3 Å². The van der Waals surface area contributed by atoms with E-state index in [9.17, 15) is 8.78 Å². The molecule has 76 valence electrons. The molecule has 1 aromatic rings. The Bertz CT molecular complexity index is 293. The van der Waals surface area contributed by atoms with E-state index in [1.807, 2.05) is 0 Å². The van der Waals surface area contributed by atoms with Crippen molar-refractivity contribution in [2.45, 2.75) is 25.3 Å². The van der Waals surface area contributed by atoms with E-state index in [2.05, 4.69) is 15.3 Å². The molecule has 14 heavy (non-hydrogen) atoms. The largest absolute Gasteiger partial charge is 0.309 e. The van der Waals surface area contributed by atoms with Crippen molar-refractivity contribution in [2.75, 3.05) is 6.54 Å². The summed E-state index contributed by atoms with van der Waals surface area (Å²) in [5.41, 5.74) is 0.499. The highest BCUT2D eigenvalue weighted by Crippen LogP contribution is 2.21. The zero-order chi connectivity index (χ0) is 9.97. The van der Waals surface area contributed by atoms with E-state index < -0.39 is 6.43 Å². The normalized spacial score (nSPS) is 21.8. The van der Waals surface area contributed by atoms with Crippen LogP contribution < -0.4 is 5.32 Å². The average Bonchev–Trinajstić information content (AvgIpc) is 2.71. The zero-order valence-electron chi connectivity index (χ0n) is 7.58. The van der Waals surface area contributed by atoms with Crippen molar-refractivity contribution >= 4 is 0 Å². The molecule has 1 fully saturated rings. The molecule has 5 heteroatoms. The lowest BCUT2D eigenvalue weighted by Gasteiger charge is -2.08. The van der Waals surface area contributed by atoms with Gasteiger partial charge in [0.1, 0.15) is 5.69 Å². The molecule has 0 amide bonds. The van der Waals surface area contributed by atoms with Crippen LogP contribution in [0.15, 0.2) is 12.4 Å². The van der Waals surface area contributed by atoms with Crippen LogP contribution in [-0.4, -0.2) is 16.5 Å². The first-order valence-electron chi connectivity index (χ1n) is 4.61. The molecule has 0 radical (unpaired) electrons. The van der Waals surface area contributed by atoms with Gasteiger partial charge in [0.25, 0.3) is 6.43 Å². The summed E-state index contributed by atoms with van der Waals surface area (Å²) in [5.74, 6) is 0. The summed E-state index contributed by atoms with van der Waals surface area (Å²) in [6, 6.07) is 0.189. The van der Waals surface area contributed by atoms with Gasteiger partial charge in [0.2, 0.25) is 0 Å². The predicted octanol–water partition coefficient (Wildman–Crippen LogP) is 1.84. The highest BCUT2D eigenvalue weighted by atomic mass is 19.3. The van der Waals surface area contributed by atoms with Crippen molar-refractivity contribution in [3.8, 4) is 0 Å². The van der Waals surface area contributed by atoms with E-state index in [1.165, 1.54) is 6.20 Å². The van der Waals surface area contributed by atoms with Gasteiger partial charge >= 0.3 is 0 Å². The molecular formula is C9H11F2N3. The van der Waals surface area contributed by atoms with Crippen LogP contribution in [-0.2, 0) is 0 Å². The lowest BCUT2D eigenvalue weighted by atomic mass is 10.2. The minimum absolute atomic E-state index is 0.189. The maximum atomic E-state index is 12.2. The summed E-state index contributed by atoms with van der Waals surface area (Å²) in [6.07, 6.45) is 2.16. The van der Waals surface area contributed by atoms with Gasteiger partial charge in [0.15, 0.2) is 0 Å². The molecule has 2 rings (SSSR count). The number of rotatable bonds is 2. The molecule has 0 aromatic carbocycles. The fraction of sp³-hybridized carbons (Fsp3) is 0.556. The van der Waals surface area contributed by atoms with Gasteiger partial charge in [-0.15, -0.1) is 0 Å². The lowest BCUT2D eigenvalue weighted by Crippen LogP contribution is -2.14. The Morgan fingerprint density at radius 1 is 1.36 bits per heavy atom. The minimum atomic E-state index is -2.53. The summed E-state index contributed by atoms with van der Waals surface area (Å²) in [5, 5.41) is 3.23. The van der Waals surface area contributed by atoms with Crippen LogP contribution in [0.1, 0.15) is 36.7 Å². The molecule has 0 saturated carbocycles. The highest BCUT2D eigenvalue weighted by molar-refractivity contribution is 5.08. The highest BCUT2D eigenvalue weighted by Gasteiger charge is 2.18. The second-order valence-electron chi connectivity index (χ2n) is 3.32. The smallest absolute Gasteiger partial charge is 0.281 e. The Morgan fingerprint density at radius 3 is 2.71 bits per heavy atom. The minimum Gasteiger partial charge on any atom is -0.309 e. The van der Waals surface area contributed by atoms with Crippen molar-refractivity contribution in [3.05, 3.63) is 23.8 Å². The molecule has 0 aliphatic carbocycles. The Hall–Kier alpha value is -1.10. The van der Waals surface area contributed by atoms with E-state index in [-0.39, 0.29) is 11.7 Å². The van der Waals surface area contributed by atoms with Crippen molar-refractivity contribution in [3.63, 3.8) is 0 Å². The van der Waals surface area contributed by atoms with Gasteiger partial charge in [0.05, 0.1) is 24.1 Å². The standard InChI is InChI=1S/C9H11F2N3/c10-9(11)8-5-13-7(4-14-8)6-2-1-3-12-6/h4-6,9,12H,1-3H2. The SMILES string of the molecule is FC(F)c1cnc(C2CCCN2)cn1. The summed E-state index contributed by atoms with van der Waals surface area (Å²) < 4.78 is 24.3. The van der Waals surface area contributed by atoms with Gasteiger partial charge in [0, 0.05) is 0 Å². The van der Waals surface area contributed by atoms with Gasteiger partial charge in [-0.05, 0) is 19.4 Å². The van der Waals surface area contributed by atoms with Crippen molar-refractivity contribution < 1.29 is 8.78 Å². The molecule has 1 aromatic heterocycles. The molecular weight excluding hydrogens is 188 g/mol. The summed E-state index contributed by atoms with van der Waals surface area (Å²) in [4.78, 5) is 7.65. The number of halogens is 2. The first kappa shape index (κ1) is 9.45. The van der Waals surface area contributed by atoms with Crippen LogP contribution in [0, 0.1) is 0 Å². The third-order valence-electron chi connectivity index (χ3n) is 2.33. The van der Waals surface area contributed by atoms with Gasteiger partial charge in [-0.2, -0.15) is 0 Å². The van der Waals surface area contributed by atoms with Crippen LogP contribution in [0.2, 0.25) is 0 Å². The maximum Gasteiger partial charge on any atom is 0.281 e. The predicted molar refractivity (Wildman–Crippen MR) is 47.0 cm³/mol. The Balaban J connectivity index is 2.12. The number of hydrogen-bond acceptors (Lipinski definition) is 3. The van der Waals surface area contributed by atoms with Crippen molar-refractivity contribution in [1.29, 1.82) is 0 Å². The summed E-state index contributed by atoms with van der Waals surface area (Å²) in [7, 11) is 0.